The van der Waals surface area contributed by atoms with Gasteiger partial charge in [-0.3, -0.25) is 9.59 Å². The van der Waals surface area contributed by atoms with E-state index in [2.05, 4.69) is 0 Å². The Morgan fingerprint density at radius 1 is 1.07 bits per heavy atom. The van der Waals surface area contributed by atoms with Gasteiger partial charge in [0.25, 0.3) is 11.8 Å². The van der Waals surface area contributed by atoms with Gasteiger partial charge in [-0.2, -0.15) is 26.3 Å². The topological polar surface area (TPSA) is 102 Å². The molecule has 7 nitrogen and oxygen atoms in total. The number of nitrogens with one attached hydrogen (secondary N) is 2. The highest BCUT2D eigenvalue weighted by Gasteiger charge is 2.61. The molecule has 4 rings (SSSR count). The predicted octanol–water partition coefficient (Wildman–Crippen LogP) is 5.20. The number of amides is 2. The fourth-order valence-electron chi connectivity index (χ4n) is 4.56. The molecule has 2 aromatic carbocycles. The summed E-state index contributed by atoms with van der Waals surface area (Å²) in [4.78, 5) is 26.3. The van der Waals surface area contributed by atoms with Gasteiger partial charge in [0.15, 0.2) is 5.54 Å². The number of halogens is 7. The van der Waals surface area contributed by atoms with Crippen molar-refractivity contribution in [2.45, 2.75) is 62.2 Å². The maximum absolute atomic E-state index is 15.3. The maximum atomic E-state index is 15.3. The molecule has 1 atom stereocenters. The minimum Gasteiger partial charge on any atom is -0.493 e. The molecule has 2 amide bonds. The Balaban J connectivity index is 1.75. The van der Waals surface area contributed by atoms with Crippen LogP contribution in [-0.4, -0.2) is 44.4 Å². The van der Waals surface area contributed by atoms with Crippen molar-refractivity contribution in [2.24, 2.45) is 0 Å². The number of hydrogen-bond acceptors (Lipinski definition) is 5. The number of benzene rings is 2. The van der Waals surface area contributed by atoms with Crippen molar-refractivity contribution >= 4 is 27.4 Å². The van der Waals surface area contributed by atoms with E-state index in [9.17, 15) is 44.3 Å². The van der Waals surface area contributed by atoms with E-state index in [-0.39, 0.29) is 24.2 Å². The van der Waals surface area contributed by atoms with Crippen molar-refractivity contribution in [3.05, 3.63) is 70.5 Å². The number of aryl methyl sites for hydroxylation is 1. The average molecular weight is 623 g/mol. The number of rotatable bonds is 9. The molecule has 228 valence electrons. The van der Waals surface area contributed by atoms with Gasteiger partial charge in [0, 0.05) is 24.5 Å². The first-order valence-corrected chi connectivity index (χ1v) is 14.2. The summed E-state index contributed by atoms with van der Waals surface area (Å²) in [6, 6.07) is 7.88. The third kappa shape index (κ3) is 6.71. The van der Waals surface area contributed by atoms with Gasteiger partial charge in [0.1, 0.15) is 17.1 Å². The lowest BCUT2D eigenvalue weighted by atomic mass is 9.76. The average Bonchev–Trinajstić information content (AvgIpc) is 3.71. The Labute approximate surface area is 236 Å². The molecule has 2 aliphatic rings. The molecule has 1 aliphatic carbocycles. The van der Waals surface area contributed by atoms with Crippen LogP contribution < -0.4 is 14.8 Å². The highest BCUT2D eigenvalue weighted by molar-refractivity contribution is 7.91. The van der Waals surface area contributed by atoms with Gasteiger partial charge in [-0.1, -0.05) is 29.8 Å². The summed E-state index contributed by atoms with van der Waals surface area (Å²) >= 11 is 0. The number of sulfonamides is 1. The lowest BCUT2D eigenvalue weighted by Gasteiger charge is -2.41. The minimum atomic E-state index is -5.34. The molecule has 0 aromatic heterocycles. The molecule has 0 unspecified atom stereocenters. The third-order valence-corrected chi connectivity index (χ3v) is 8.70. The van der Waals surface area contributed by atoms with Crippen LogP contribution in [0.3, 0.4) is 0 Å². The van der Waals surface area contributed by atoms with Crippen LogP contribution in [0.5, 0.6) is 5.75 Å². The molecule has 0 spiro atoms. The summed E-state index contributed by atoms with van der Waals surface area (Å²) in [5.41, 5.74) is -5.08. The SMILES string of the molecule is Cc1ccc(C2=C(C(=O)NS(=O)(=O)C3CC3)C(=O)N[C@@](c3ccc(OCCCC(F)(F)F)cc3F)(C(F)(F)F)C2)cc1. The quantitative estimate of drug-likeness (QED) is 0.228. The molecule has 1 fully saturated rings. The summed E-state index contributed by atoms with van der Waals surface area (Å²) in [7, 11) is -4.18. The summed E-state index contributed by atoms with van der Waals surface area (Å²) < 4.78 is 128. The summed E-state index contributed by atoms with van der Waals surface area (Å²) in [5, 5.41) is 0.838. The normalized spacial score (nSPS) is 19.9. The van der Waals surface area contributed by atoms with E-state index in [0.717, 1.165) is 6.07 Å². The Morgan fingerprint density at radius 3 is 2.26 bits per heavy atom. The molecule has 15 heteroatoms. The van der Waals surface area contributed by atoms with E-state index in [4.69, 9.17) is 4.74 Å². The van der Waals surface area contributed by atoms with Gasteiger partial charge < -0.3 is 10.1 Å². The van der Waals surface area contributed by atoms with E-state index >= 15 is 4.39 Å². The molecular weight excluding hydrogens is 597 g/mol. The first kappa shape index (κ1) is 31.3. The van der Waals surface area contributed by atoms with Crippen LogP contribution in [0.4, 0.5) is 30.7 Å². The van der Waals surface area contributed by atoms with Gasteiger partial charge in [0.05, 0.1) is 11.9 Å². The predicted molar refractivity (Wildman–Crippen MR) is 136 cm³/mol. The second-order valence-corrected chi connectivity index (χ2v) is 12.1. The zero-order valence-corrected chi connectivity index (χ0v) is 22.8. The van der Waals surface area contributed by atoms with E-state index in [1.54, 1.807) is 17.0 Å². The Kier molecular flexibility index (Phi) is 8.37. The van der Waals surface area contributed by atoms with Gasteiger partial charge in [-0.25, -0.2) is 17.5 Å². The van der Waals surface area contributed by atoms with Crippen molar-refractivity contribution in [2.75, 3.05) is 6.61 Å². The van der Waals surface area contributed by atoms with Crippen LogP contribution in [0, 0.1) is 12.7 Å². The van der Waals surface area contributed by atoms with Gasteiger partial charge in [0.2, 0.25) is 10.0 Å². The number of carbonyl (C=O) groups is 2. The Bertz CT molecular complexity index is 1510. The van der Waals surface area contributed by atoms with E-state index in [1.807, 2.05) is 0 Å². The minimum absolute atomic E-state index is 0.00284. The molecule has 2 N–H and O–H groups in total. The lowest BCUT2D eigenvalue weighted by Crippen LogP contribution is -2.60. The largest absolute Gasteiger partial charge is 0.493 e. The molecular formula is C27H25F7N2O5S. The molecule has 1 saturated carbocycles. The number of alkyl halides is 6. The highest BCUT2D eigenvalue weighted by atomic mass is 32.2. The number of carbonyl (C=O) groups excluding carboxylic acids is 2. The fourth-order valence-corrected chi connectivity index (χ4v) is 5.84. The second-order valence-electron chi connectivity index (χ2n) is 10.1. The van der Waals surface area contributed by atoms with Gasteiger partial charge in [-0.15, -0.1) is 0 Å². The maximum Gasteiger partial charge on any atom is 0.416 e. The molecule has 1 heterocycles. The van der Waals surface area contributed by atoms with Crippen LogP contribution in [0.25, 0.3) is 5.57 Å². The van der Waals surface area contributed by atoms with Crippen LogP contribution in [0.2, 0.25) is 0 Å². The highest BCUT2D eigenvalue weighted by Crippen LogP contribution is 2.49. The Hall–Kier alpha value is -3.62. The van der Waals surface area contributed by atoms with Crippen molar-refractivity contribution in [3.8, 4) is 5.75 Å². The number of hydrogen-bond donors (Lipinski definition) is 2. The van der Waals surface area contributed by atoms with Crippen molar-refractivity contribution in [1.82, 2.24) is 10.0 Å². The van der Waals surface area contributed by atoms with Crippen molar-refractivity contribution in [1.29, 1.82) is 0 Å². The van der Waals surface area contributed by atoms with Crippen LogP contribution in [-0.2, 0) is 25.2 Å². The molecule has 2 aromatic rings. The second kappa shape index (κ2) is 11.2. The monoisotopic (exact) mass is 622 g/mol. The summed E-state index contributed by atoms with van der Waals surface area (Å²) in [6.45, 7) is 1.20. The molecule has 1 aliphatic heterocycles. The van der Waals surface area contributed by atoms with Crippen molar-refractivity contribution in [3.63, 3.8) is 0 Å². The zero-order valence-electron chi connectivity index (χ0n) is 22.0. The van der Waals surface area contributed by atoms with Crippen LogP contribution in [0.15, 0.2) is 48.0 Å². The summed E-state index contributed by atoms with van der Waals surface area (Å²) in [5.74, 6) is -4.82. The zero-order chi connectivity index (χ0) is 31.1. The molecule has 0 bridgehead atoms. The molecule has 0 saturated heterocycles. The van der Waals surface area contributed by atoms with Crippen LogP contribution >= 0.6 is 0 Å². The fraction of sp³-hybridized carbons (Fsp3) is 0.407. The number of ether oxygens (including phenoxy) is 1. The third-order valence-electron chi connectivity index (χ3n) is 6.88. The van der Waals surface area contributed by atoms with Gasteiger partial charge in [-0.05, 0) is 49.5 Å². The van der Waals surface area contributed by atoms with Gasteiger partial charge >= 0.3 is 12.4 Å². The van der Waals surface area contributed by atoms with E-state index in [0.29, 0.717) is 17.7 Å². The van der Waals surface area contributed by atoms with Crippen molar-refractivity contribution < 1.29 is 53.5 Å². The van der Waals surface area contributed by atoms with E-state index in [1.165, 1.54) is 24.3 Å². The van der Waals surface area contributed by atoms with E-state index < -0.39 is 93.4 Å². The smallest absolute Gasteiger partial charge is 0.416 e. The first-order valence-electron chi connectivity index (χ1n) is 12.7. The molecule has 0 radical (unpaired) electrons. The standard InChI is InChI=1S/C27H25F7N2O5S/c1-15-3-5-16(6-4-15)19-14-25(27(32,33)34,35-23(37)22(19)24(38)36-42(39,40)18-8-9-18)20-10-7-17(13-21(20)28)41-12-2-11-26(29,30)31/h3-7,10,13,18H,2,8-9,11-12,14H2,1H3,(H,35,37)(H,36,38)/t25-/m0/s1. The Morgan fingerprint density at radius 2 is 1.71 bits per heavy atom. The lowest BCUT2D eigenvalue weighted by molar-refractivity contribution is -0.202. The van der Waals surface area contributed by atoms with Crippen LogP contribution in [0.1, 0.15) is 48.8 Å². The first-order chi connectivity index (χ1) is 19.4. The summed E-state index contributed by atoms with van der Waals surface area (Å²) in [6.07, 6.45) is -12.1. The molecule has 42 heavy (non-hydrogen) atoms.